The molecule has 0 radical (unpaired) electrons. The van der Waals surface area contributed by atoms with Gasteiger partial charge in [0, 0.05) is 4.47 Å². The molecule has 2 aromatic rings. The third kappa shape index (κ3) is 3.31. The van der Waals surface area contributed by atoms with Crippen LogP contribution in [0.1, 0.15) is 5.56 Å². The molecule has 0 aliphatic heterocycles. The number of rotatable bonds is 4. The van der Waals surface area contributed by atoms with Gasteiger partial charge in [0.15, 0.2) is 11.6 Å². The maximum atomic E-state index is 13.6. The van der Waals surface area contributed by atoms with Gasteiger partial charge in [0.2, 0.25) is 0 Å². The molecule has 0 fully saturated rings. The van der Waals surface area contributed by atoms with Gasteiger partial charge in [0.1, 0.15) is 5.75 Å². The van der Waals surface area contributed by atoms with Gasteiger partial charge in [-0.25, -0.2) is 4.39 Å². The van der Waals surface area contributed by atoms with Gasteiger partial charge >= 0.3 is 0 Å². The van der Waals surface area contributed by atoms with Gasteiger partial charge in [-0.05, 0) is 48.9 Å². The Morgan fingerprint density at radius 2 is 1.83 bits per heavy atom. The van der Waals surface area contributed by atoms with Crippen molar-refractivity contribution in [3.63, 3.8) is 0 Å². The van der Waals surface area contributed by atoms with E-state index in [0.717, 1.165) is 12.0 Å². The summed E-state index contributed by atoms with van der Waals surface area (Å²) in [5.41, 5.74) is 6.61. The van der Waals surface area contributed by atoms with Gasteiger partial charge < -0.3 is 10.5 Å². The van der Waals surface area contributed by atoms with Crippen LogP contribution in [0.2, 0.25) is 0 Å². The molecule has 0 aromatic heterocycles. The highest BCUT2D eigenvalue weighted by Crippen LogP contribution is 2.26. The van der Waals surface area contributed by atoms with E-state index in [1.165, 1.54) is 6.07 Å². The summed E-state index contributed by atoms with van der Waals surface area (Å²) in [7, 11) is 0. The molecule has 0 amide bonds. The highest BCUT2D eigenvalue weighted by atomic mass is 79.9. The first-order valence-electron chi connectivity index (χ1n) is 5.61. The van der Waals surface area contributed by atoms with Crippen LogP contribution in [0.4, 0.5) is 4.39 Å². The van der Waals surface area contributed by atoms with Crippen LogP contribution >= 0.6 is 15.9 Å². The van der Waals surface area contributed by atoms with E-state index >= 15 is 0 Å². The van der Waals surface area contributed by atoms with Gasteiger partial charge in [0.25, 0.3) is 0 Å². The van der Waals surface area contributed by atoms with Crippen molar-refractivity contribution in [1.29, 1.82) is 0 Å². The molecule has 0 atom stereocenters. The highest BCUT2D eigenvalue weighted by Gasteiger charge is 2.05. The topological polar surface area (TPSA) is 35.2 Å². The Morgan fingerprint density at radius 3 is 2.44 bits per heavy atom. The molecule has 0 unspecified atom stereocenters. The average molecular weight is 310 g/mol. The lowest BCUT2D eigenvalue weighted by molar-refractivity contribution is 0.442. The number of nitrogens with two attached hydrogens (primary N) is 1. The lowest BCUT2D eigenvalue weighted by Gasteiger charge is -2.07. The van der Waals surface area contributed by atoms with Crippen molar-refractivity contribution >= 4 is 15.9 Å². The summed E-state index contributed by atoms with van der Waals surface area (Å²) in [5.74, 6) is 0.428. The van der Waals surface area contributed by atoms with Crippen molar-refractivity contribution in [3.05, 3.63) is 58.3 Å². The predicted molar refractivity (Wildman–Crippen MR) is 73.4 cm³/mol. The molecular weight excluding hydrogens is 297 g/mol. The van der Waals surface area contributed by atoms with Crippen molar-refractivity contribution in [2.75, 3.05) is 6.54 Å². The molecule has 0 heterocycles. The fourth-order valence-electron chi connectivity index (χ4n) is 1.58. The molecule has 0 saturated carbocycles. The Hall–Kier alpha value is -1.39. The van der Waals surface area contributed by atoms with Gasteiger partial charge in [-0.15, -0.1) is 0 Å². The largest absolute Gasteiger partial charge is 0.454 e. The first-order valence-corrected chi connectivity index (χ1v) is 6.40. The fraction of sp³-hybridized carbons (Fsp3) is 0.143. The van der Waals surface area contributed by atoms with Crippen molar-refractivity contribution < 1.29 is 9.13 Å². The zero-order valence-electron chi connectivity index (χ0n) is 9.70. The van der Waals surface area contributed by atoms with E-state index in [-0.39, 0.29) is 5.75 Å². The molecule has 4 heteroatoms. The van der Waals surface area contributed by atoms with Crippen LogP contribution < -0.4 is 10.5 Å². The quantitative estimate of drug-likeness (QED) is 0.930. The van der Waals surface area contributed by atoms with E-state index in [0.29, 0.717) is 16.8 Å². The molecule has 0 aliphatic rings. The lowest BCUT2D eigenvalue weighted by Crippen LogP contribution is -2.02. The van der Waals surface area contributed by atoms with Gasteiger partial charge in [-0.1, -0.05) is 28.1 Å². The van der Waals surface area contributed by atoms with E-state index in [1.54, 1.807) is 12.1 Å². The summed E-state index contributed by atoms with van der Waals surface area (Å²) in [6.07, 6.45) is 0.826. The van der Waals surface area contributed by atoms with Gasteiger partial charge in [0.05, 0.1) is 0 Å². The molecule has 0 spiro atoms. The SMILES string of the molecule is NCCc1ccc(Oc2ccc(Br)cc2F)cc1. The Balaban J connectivity index is 2.13. The van der Waals surface area contributed by atoms with Gasteiger partial charge in [-0.2, -0.15) is 0 Å². The minimum atomic E-state index is -0.393. The van der Waals surface area contributed by atoms with Crippen LogP contribution in [0.5, 0.6) is 11.5 Å². The summed E-state index contributed by atoms with van der Waals surface area (Å²) in [5, 5.41) is 0. The maximum absolute atomic E-state index is 13.6. The van der Waals surface area contributed by atoms with E-state index in [2.05, 4.69) is 15.9 Å². The van der Waals surface area contributed by atoms with E-state index < -0.39 is 5.82 Å². The molecule has 0 saturated heterocycles. The molecule has 0 aliphatic carbocycles. The average Bonchev–Trinajstić information content (AvgIpc) is 2.35. The monoisotopic (exact) mass is 309 g/mol. The summed E-state index contributed by atoms with van der Waals surface area (Å²) in [6, 6.07) is 12.2. The normalized spacial score (nSPS) is 10.4. The van der Waals surface area contributed by atoms with Crippen LogP contribution in [0.3, 0.4) is 0 Å². The fourth-order valence-corrected chi connectivity index (χ4v) is 1.91. The third-order valence-corrected chi connectivity index (χ3v) is 2.97. The van der Waals surface area contributed by atoms with Crippen molar-refractivity contribution in [3.8, 4) is 11.5 Å². The Morgan fingerprint density at radius 1 is 1.11 bits per heavy atom. The van der Waals surface area contributed by atoms with Crippen LogP contribution in [0, 0.1) is 5.82 Å². The molecule has 18 heavy (non-hydrogen) atoms. The van der Waals surface area contributed by atoms with Crippen molar-refractivity contribution in [2.45, 2.75) is 6.42 Å². The van der Waals surface area contributed by atoms with Gasteiger partial charge in [-0.3, -0.25) is 0 Å². The molecule has 2 aromatic carbocycles. The second-order valence-corrected chi connectivity index (χ2v) is 4.78. The van der Waals surface area contributed by atoms with Crippen LogP contribution in [-0.4, -0.2) is 6.54 Å². The molecule has 94 valence electrons. The number of benzene rings is 2. The number of hydrogen-bond donors (Lipinski definition) is 1. The molecular formula is C14H13BrFNO. The number of hydrogen-bond acceptors (Lipinski definition) is 2. The van der Waals surface area contributed by atoms with E-state index in [9.17, 15) is 4.39 Å². The van der Waals surface area contributed by atoms with Crippen LogP contribution in [-0.2, 0) is 6.42 Å². The highest BCUT2D eigenvalue weighted by molar-refractivity contribution is 9.10. The second kappa shape index (κ2) is 5.98. The predicted octanol–water partition coefficient (Wildman–Crippen LogP) is 3.88. The Bertz CT molecular complexity index is 528. The van der Waals surface area contributed by atoms with E-state index in [1.807, 2.05) is 24.3 Å². The van der Waals surface area contributed by atoms with Crippen molar-refractivity contribution in [2.24, 2.45) is 5.73 Å². The molecule has 2 rings (SSSR count). The number of ether oxygens (including phenoxy) is 1. The first-order chi connectivity index (χ1) is 8.69. The first kappa shape index (κ1) is 13.1. The zero-order chi connectivity index (χ0) is 13.0. The Labute approximate surface area is 114 Å². The Kier molecular flexibility index (Phi) is 4.33. The zero-order valence-corrected chi connectivity index (χ0v) is 11.3. The summed E-state index contributed by atoms with van der Waals surface area (Å²) < 4.78 is 19.7. The van der Waals surface area contributed by atoms with Crippen LogP contribution in [0.15, 0.2) is 46.9 Å². The molecule has 2 nitrogen and oxygen atoms in total. The summed E-state index contributed by atoms with van der Waals surface area (Å²) in [4.78, 5) is 0. The number of halogens is 2. The minimum Gasteiger partial charge on any atom is -0.454 e. The summed E-state index contributed by atoms with van der Waals surface area (Å²) >= 11 is 3.20. The van der Waals surface area contributed by atoms with Crippen LogP contribution in [0.25, 0.3) is 0 Å². The standard InChI is InChI=1S/C14H13BrFNO/c15-11-3-6-14(13(16)9-11)18-12-4-1-10(2-5-12)7-8-17/h1-6,9H,7-8,17H2. The molecule has 2 N–H and O–H groups in total. The maximum Gasteiger partial charge on any atom is 0.166 e. The minimum absolute atomic E-state index is 0.213. The molecule has 0 bridgehead atoms. The lowest BCUT2D eigenvalue weighted by atomic mass is 10.1. The van der Waals surface area contributed by atoms with E-state index in [4.69, 9.17) is 10.5 Å². The summed E-state index contributed by atoms with van der Waals surface area (Å²) in [6.45, 7) is 0.613. The second-order valence-electron chi connectivity index (χ2n) is 3.86. The smallest absolute Gasteiger partial charge is 0.166 e. The van der Waals surface area contributed by atoms with Crippen molar-refractivity contribution in [1.82, 2.24) is 0 Å². The third-order valence-electron chi connectivity index (χ3n) is 2.48.